The molecule has 1 aromatic heterocycles. The van der Waals surface area contributed by atoms with Crippen molar-refractivity contribution in [2.75, 3.05) is 13.2 Å². The molecule has 3 rings (SSSR count). The number of aromatic nitrogens is 2. The van der Waals surface area contributed by atoms with Crippen molar-refractivity contribution in [2.45, 2.75) is 26.9 Å². The van der Waals surface area contributed by atoms with E-state index in [2.05, 4.69) is 39.5 Å². The minimum atomic E-state index is -0.419. The first-order chi connectivity index (χ1) is 13.0. The van der Waals surface area contributed by atoms with Crippen LogP contribution in [-0.4, -0.2) is 41.0 Å². The first kappa shape index (κ1) is 18.7. The molecule has 1 unspecified atom stereocenters. The quantitative estimate of drug-likeness (QED) is 0.646. The van der Waals surface area contributed by atoms with Crippen LogP contribution in [0.2, 0.25) is 0 Å². The maximum Gasteiger partial charge on any atom is 0.330 e. The van der Waals surface area contributed by atoms with E-state index in [9.17, 15) is 4.79 Å². The van der Waals surface area contributed by atoms with Crippen molar-refractivity contribution in [1.29, 1.82) is 0 Å². The molecule has 140 valence electrons. The molecule has 0 radical (unpaired) electrons. The summed E-state index contributed by atoms with van der Waals surface area (Å²) >= 11 is 0. The average Bonchev–Trinajstić information content (AvgIpc) is 2.69. The molecule has 7 nitrogen and oxygen atoms in total. The van der Waals surface area contributed by atoms with Gasteiger partial charge in [-0.25, -0.2) is 20.2 Å². The lowest BCUT2D eigenvalue weighted by molar-refractivity contribution is -0.143. The van der Waals surface area contributed by atoms with E-state index in [1.165, 1.54) is 17.2 Å². The topological polar surface area (TPSA) is 85.7 Å². The number of nitrogens with zero attached hydrogens (tertiary/aromatic N) is 3. The predicted molar refractivity (Wildman–Crippen MR) is 102 cm³/mol. The van der Waals surface area contributed by atoms with E-state index < -0.39 is 5.97 Å². The number of aryl methyl sites for hydroxylation is 3. The summed E-state index contributed by atoms with van der Waals surface area (Å²) in [5, 5.41) is 0. The number of esters is 1. The molecule has 27 heavy (non-hydrogen) atoms. The SMILES string of the molecule is Cc1cc(C)c(C=CC(=O)OCC2CN=C(c3ncccn3)NO2)cc1C. The Balaban J connectivity index is 1.50. The van der Waals surface area contributed by atoms with Gasteiger partial charge in [-0.2, -0.15) is 0 Å². The minimum absolute atomic E-state index is 0.106. The molecular weight excluding hydrogens is 344 g/mol. The lowest BCUT2D eigenvalue weighted by atomic mass is 10.0. The maximum absolute atomic E-state index is 12.0. The van der Waals surface area contributed by atoms with Crippen molar-refractivity contribution in [3.8, 4) is 0 Å². The van der Waals surface area contributed by atoms with Gasteiger partial charge in [0.25, 0.3) is 0 Å². The molecule has 0 aliphatic carbocycles. The Morgan fingerprint density at radius 2 is 1.96 bits per heavy atom. The summed E-state index contributed by atoms with van der Waals surface area (Å²) in [4.78, 5) is 29.9. The van der Waals surface area contributed by atoms with Gasteiger partial charge in [-0.15, -0.1) is 0 Å². The van der Waals surface area contributed by atoms with E-state index in [-0.39, 0.29) is 12.7 Å². The maximum atomic E-state index is 12.0. The summed E-state index contributed by atoms with van der Waals surface area (Å²) in [5.74, 6) is 0.500. The van der Waals surface area contributed by atoms with Crippen molar-refractivity contribution < 1.29 is 14.4 Å². The average molecular weight is 366 g/mol. The van der Waals surface area contributed by atoms with Crippen molar-refractivity contribution in [3.63, 3.8) is 0 Å². The number of hydrogen-bond donors (Lipinski definition) is 1. The Labute approximate surface area is 158 Å². The van der Waals surface area contributed by atoms with Crippen LogP contribution >= 0.6 is 0 Å². The first-order valence-corrected chi connectivity index (χ1v) is 8.69. The molecule has 1 N–H and O–H groups in total. The first-order valence-electron chi connectivity index (χ1n) is 8.69. The van der Waals surface area contributed by atoms with E-state index in [4.69, 9.17) is 9.57 Å². The van der Waals surface area contributed by atoms with Crippen LogP contribution in [-0.2, 0) is 14.4 Å². The summed E-state index contributed by atoms with van der Waals surface area (Å²) < 4.78 is 5.25. The fourth-order valence-corrected chi connectivity index (χ4v) is 2.57. The van der Waals surface area contributed by atoms with Crippen molar-refractivity contribution >= 4 is 17.9 Å². The van der Waals surface area contributed by atoms with Gasteiger partial charge in [-0.3, -0.25) is 9.83 Å². The lowest BCUT2D eigenvalue weighted by Gasteiger charge is -2.21. The fourth-order valence-electron chi connectivity index (χ4n) is 2.57. The van der Waals surface area contributed by atoms with Crippen LogP contribution in [0.1, 0.15) is 28.1 Å². The highest BCUT2D eigenvalue weighted by Crippen LogP contribution is 2.16. The number of benzene rings is 1. The van der Waals surface area contributed by atoms with Gasteiger partial charge in [0, 0.05) is 18.5 Å². The molecule has 1 atom stereocenters. The van der Waals surface area contributed by atoms with E-state index in [0.717, 1.165) is 11.1 Å². The molecule has 2 aromatic rings. The number of aliphatic imine (C=N–C) groups is 1. The van der Waals surface area contributed by atoms with Crippen LogP contribution in [0.3, 0.4) is 0 Å². The Hall–Kier alpha value is -3.06. The van der Waals surface area contributed by atoms with Crippen LogP contribution in [0.4, 0.5) is 0 Å². The molecule has 0 amide bonds. The van der Waals surface area contributed by atoms with Gasteiger partial charge in [0.05, 0.1) is 6.54 Å². The van der Waals surface area contributed by atoms with Gasteiger partial charge in [0.2, 0.25) is 0 Å². The summed E-state index contributed by atoms with van der Waals surface area (Å²) in [5.41, 5.74) is 7.24. The second-order valence-electron chi connectivity index (χ2n) is 6.36. The Morgan fingerprint density at radius 1 is 1.22 bits per heavy atom. The normalized spacial score (nSPS) is 16.7. The summed E-state index contributed by atoms with van der Waals surface area (Å²) in [6.45, 7) is 6.60. The second-order valence-corrected chi connectivity index (χ2v) is 6.36. The van der Waals surface area contributed by atoms with Crippen LogP contribution in [0.5, 0.6) is 0 Å². The van der Waals surface area contributed by atoms with E-state index >= 15 is 0 Å². The monoisotopic (exact) mass is 366 g/mol. The molecule has 1 aliphatic heterocycles. The Kier molecular flexibility index (Phi) is 5.93. The van der Waals surface area contributed by atoms with Gasteiger partial charge in [0.15, 0.2) is 11.7 Å². The molecule has 7 heteroatoms. The zero-order chi connectivity index (χ0) is 19.2. The largest absolute Gasteiger partial charge is 0.460 e. The number of ether oxygens (including phenoxy) is 1. The van der Waals surface area contributed by atoms with E-state index in [1.54, 1.807) is 24.5 Å². The highest BCUT2D eigenvalue weighted by atomic mass is 16.7. The third kappa shape index (κ3) is 4.98. The molecule has 0 bridgehead atoms. The predicted octanol–water partition coefficient (Wildman–Crippen LogP) is 2.31. The summed E-state index contributed by atoms with van der Waals surface area (Å²) in [7, 11) is 0. The van der Waals surface area contributed by atoms with E-state index in [1.807, 2.05) is 13.8 Å². The zero-order valence-corrected chi connectivity index (χ0v) is 15.6. The lowest BCUT2D eigenvalue weighted by Crippen LogP contribution is -2.40. The van der Waals surface area contributed by atoms with Gasteiger partial charge >= 0.3 is 5.97 Å². The molecule has 0 spiro atoms. The van der Waals surface area contributed by atoms with Gasteiger partial charge in [-0.05, 0) is 55.2 Å². The second kappa shape index (κ2) is 8.55. The third-order valence-corrected chi connectivity index (χ3v) is 4.25. The molecule has 1 aliphatic rings. The highest BCUT2D eigenvalue weighted by Gasteiger charge is 2.19. The summed E-state index contributed by atoms with van der Waals surface area (Å²) in [6, 6.07) is 5.89. The number of nitrogens with one attached hydrogen (secondary N) is 1. The Morgan fingerprint density at radius 3 is 2.67 bits per heavy atom. The highest BCUT2D eigenvalue weighted by molar-refractivity contribution is 5.94. The molecule has 0 saturated heterocycles. The van der Waals surface area contributed by atoms with Gasteiger partial charge in [-0.1, -0.05) is 12.1 Å². The van der Waals surface area contributed by atoms with Crippen LogP contribution in [0, 0.1) is 20.8 Å². The fraction of sp³-hybridized carbons (Fsp3) is 0.300. The van der Waals surface area contributed by atoms with Crippen LogP contribution in [0.15, 0.2) is 41.7 Å². The van der Waals surface area contributed by atoms with Gasteiger partial charge in [0.1, 0.15) is 12.7 Å². The molecule has 1 aromatic carbocycles. The standard InChI is InChI=1S/C20H22N4O3/c1-13-9-15(3)16(10-14(13)2)5-6-18(25)26-12-17-11-23-20(24-27-17)19-21-7-4-8-22-19/h4-10,17H,11-12H2,1-3H3,(H,23,24). The smallest absolute Gasteiger partial charge is 0.330 e. The van der Waals surface area contributed by atoms with Crippen molar-refractivity contribution in [1.82, 2.24) is 15.4 Å². The molecule has 2 heterocycles. The van der Waals surface area contributed by atoms with Crippen molar-refractivity contribution in [3.05, 3.63) is 64.7 Å². The number of hydrogen-bond acceptors (Lipinski definition) is 7. The third-order valence-electron chi connectivity index (χ3n) is 4.25. The molecule has 0 saturated carbocycles. The van der Waals surface area contributed by atoms with Gasteiger partial charge < -0.3 is 4.74 Å². The number of carbonyl (C=O) groups is 1. The van der Waals surface area contributed by atoms with Crippen LogP contribution in [0.25, 0.3) is 6.08 Å². The molecule has 0 fully saturated rings. The zero-order valence-electron chi connectivity index (χ0n) is 15.6. The number of hydroxylamine groups is 1. The number of rotatable bonds is 5. The van der Waals surface area contributed by atoms with Crippen LogP contribution < -0.4 is 5.48 Å². The number of carbonyl (C=O) groups excluding carboxylic acids is 1. The number of amidine groups is 1. The minimum Gasteiger partial charge on any atom is -0.460 e. The molecular formula is C20H22N4O3. The summed E-state index contributed by atoms with van der Waals surface area (Å²) in [6.07, 6.45) is 6.10. The van der Waals surface area contributed by atoms with Crippen molar-refractivity contribution in [2.24, 2.45) is 4.99 Å². The van der Waals surface area contributed by atoms with E-state index in [0.29, 0.717) is 18.2 Å². The Bertz CT molecular complexity index is 878.